The molecule has 158 valence electrons. The third-order valence-corrected chi connectivity index (χ3v) is 5.28. The Bertz CT molecular complexity index is 1040. The summed E-state index contributed by atoms with van der Waals surface area (Å²) in [5.41, 5.74) is 2.84. The number of aryl methyl sites for hydroxylation is 1. The highest BCUT2D eigenvalue weighted by Gasteiger charge is 2.25. The molecule has 3 aromatic rings. The number of nitrogens with zero attached hydrogens (tertiary/aromatic N) is 2. The van der Waals surface area contributed by atoms with Gasteiger partial charge in [-0.05, 0) is 64.2 Å². The molecular formula is C23H26FN3O3. The highest BCUT2D eigenvalue weighted by Crippen LogP contribution is 2.20. The number of benzene rings is 1. The van der Waals surface area contributed by atoms with E-state index in [9.17, 15) is 14.0 Å². The van der Waals surface area contributed by atoms with E-state index in [4.69, 9.17) is 4.42 Å². The Morgan fingerprint density at radius 2 is 1.97 bits per heavy atom. The van der Waals surface area contributed by atoms with Gasteiger partial charge in [-0.3, -0.25) is 14.5 Å². The van der Waals surface area contributed by atoms with E-state index in [1.807, 2.05) is 36.6 Å². The molecule has 0 bridgehead atoms. The van der Waals surface area contributed by atoms with Crippen molar-refractivity contribution < 1.29 is 18.4 Å². The number of furan rings is 1. The number of nitrogens with one attached hydrogen (secondary N) is 1. The van der Waals surface area contributed by atoms with Crippen molar-refractivity contribution in [3.05, 3.63) is 77.3 Å². The van der Waals surface area contributed by atoms with Crippen molar-refractivity contribution in [3.63, 3.8) is 0 Å². The SMILES string of the molecule is Cc1cc(C(=O)[C@H](C)N(C)CC(=O)Nc2cccc(F)c2)c(C)n1Cc1ccco1. The first-order chi connectivity index (χ1) is 14.3. The molecule has 1 atom stereocenters. The molecule has 0 unspecified atom stereocenters. The summed E-state index contributed by atoms with van der Waals surface area (Å²) in [5, 5.41) is 2.65. The van der Waals surface area contributed by atoms with Gasteiger partial charge in [0.2, 0.25) is 5.91 Å². The van der Waals surface area contributed by atoms with E-state index in [1.54, 1.807) is 31.2 Å². The molecule has 0 aliphatic carbocycles. The van der Waals surface area contributed by atoms with Gasteiger partial charge in [0.1, 0.15) is 11.6 Å². The lowest BCUT2D eigenvalue weighted by molar-refractivity contribution is -0.117. The van der Waals surface area contributed by atoms with E-state index >= 15 is 0 Å². The number of carbonyl (C=O) groups excluding carboxylic acids is 2. The Hall–Kier alpha value is -3.19. The Kier molecular flexibility index (Phi) is 6.52. The lowest BCUT2D eigenvalue weighted by Gasteiger charge is -2.23. The predicted molar refractivity (Wildman–Crippen MR) is 113 cm³/mol. The first-order valence-corrected chi connectivity index (χ1v) is 9.75. The predicted octanol–water partition coefficient (Wildman–Crippen LogP) is 4.03. The number of halogens is 1. The molecule has 1 aromatic carbocycles. The number of carbonyl (C=O) groups is 2. The minimum atomic E-state index is -0.499. The fourth-order valence-corrected chi connectivity index (χ4v) is 3.41. The van der Waals surface area contributed by atoms with Crippen LogP contribution in [0.2, 0.25) is 0 Å². The zero-order valence-corrected chi connectivity index (χ0v) is 17.6. The second-order valence-corrected chi connectivity index (χ2v) is 7.46. The van der Waals surface area contributed by atoms with E-state index in [1.165, 1.54) is 18.2 Å². The van der Waals surface area contributed by atoms with Gasteiger partial charge in [0.15, 0.2) is 5.78 Å². The van der Waals surface area contributed by atoms with Gasteiger partial charge >= 0.3 is 0 Å². The monoisotopic (exact) mass is 411 g/mol. The summed E-state index contributed by atoms with van der Waals surface area (Å²) in [4.78, 5) is 27.1. The van der Waals surface area contributed by atoms with Crippen LogP contribution in [-0.4, -0.2) is 40.8 Å². The standard InChI is InChI=1S/C23H26FN3O3/c1-15-11-21(16(2)27(15)13-20-9-6-10-30-20)23(29)17(3)26(4)14-22(28)25-19-8-5-7-18(24)12-19/h5-12,17H,13-14H2,1-4H3,(H,25,28)/t17-/m0/s1. The van der Waals surface area contributed by atoms with Gasteiger partial charge in [-0.15, -0.1) is 0 Å². The molecule has 1 N–H and O–H groups in total. The van der Waals surface area contributed by atoms with Crippen LogP contribution in [0.25, 0.3) is 0 Å². The van der Waals surface area contributed by atoms with Crippen LogP contribution in [0.15, 0.2) is 53.1 Å². The van der Waals surface area contributed by atoms with Gasteiger partial charge in [0.25, 0.3) is 0 Å². The van der Waals surface area contributed by atoms with Crippen molar-refractivity contribution >= 4 is 17.4 Å². The smallest absolute Gasteiger partial charge is 0.238 e. The maximum atomic E-state index is 13.3. The molecule has 0 spiro atoms. The van der Waals surface area contributed by atoms with Crippen LogP contribution in [0.1, 0.15) is 34.4 Å². The summed E-state index contributed by atoms with van der Waals surface area (Å²) in [5.74, 6) is 0.0190. The third kappa shape index (κ3) is 4.86. The fourth-order valence-electron chi connectivity index (χ4n) is 3.41. The maximum absolute atomic E-state index is 13.3. The number of rotatable bonds is 8. The molecule has 0 saturated heterocycles. The van der Waals surface area contributed by atoms with Crippen molar-refractivity contribution in [1.82, 2.24) is 9.47 Å². The highest BCUT2D eigenvalue weighted by molar-refractivity contribution is 6.01. The molecule has 7 heteroatoms. The number of hydrogen-bond donors (Lipinski definition) is 1. The van der Waals surface area contributed by atoms with Crippen LogP contribution in [0.5, 0.6) is 0 Å². The molecule has 3 rings (SSSR count). The lowest BCUT2D eigenvalue weighted by atomic mass is 10.0. The van der Waals surface area contributed by atoms with E-state index < -0.39 is 11.9 Å². The molecule has 6 nitrogen and oxygen atoms in total. The van der Waals surface area contributed by atoms with Gasteiger partial charge < -0.3 is 14.3 Å². The van der Waals surface area contributed by atoms with Crippen molar-refractivity contribution in [2.45, 2.75) is 33.4 Å². The topological polar surface area (TPSA) is 67.5 Å². The van der Waals surface area contributed by atoms with Crippen LogP contribution < -0.4 is 5.32 Å². The van der Waals surface area contributed by atoms with Gasteiger partial charge in [-0.25, -0.2) is 4.39 Å². The van der Waals surface area contributed by atoms with E-state index in [0.717, 1.165) is 17.1 Å². The Morgan fingerprint density at radius 3 is 2.63 bits per heavy atom. The normalized spacial score (nSPS) is 12.2. The van der Waals surface area contributed by atoms with Gasteiger partial charge in [-0.1, -0.05) is 6.07 Å². The van der Waals surface area contributed by atoms with Gasteiger partial charge in [-0.2, -0.15) is 0 Å². The number of anilines is 1. The highest BCUT2D eigenvalue weighted by atomic mass is 19.1. The quantitative estimate of drug-likeness (QED) is 0.569. The summed E-state index contributed by atoms with van der Waals surface area (Å²) in [6.07, 6.45) is 1.63. The summed E-state index contributed by atoms with van der Waals surface area (Å²) in [7, 11) is 1.72. The van der Waals surface area contributed by atoms with E-state index in [2.05, 4.69) is 5.32 Å². The summed E-state index contributed by atoms with van der Waals surface area (Å²) in [6.45, 7) is 6.20. The number of likely N-dealkylation sites (N-methyl/N-ethyl adjacent to an activating group) is 1. The van der Waals surface area contributed by atoms with Crippen molar-refractivity contribution in [2.24, 2.45) is 0 Å². The zero-order chi connectivity index (χ0) is 21.8. The third-order valence-electron chi connectivity index (χ3n) is 5.28. The summed E-state index contributed by atoms with van der Waals surface area (Å²) >= 11 is 0. The van der Waals surface area contributed by atoms with Crippen molar-refractivity contribution in [1.29, 1.82) is 0 Å². The Morgan fingerprint density at radius 1 is 1.20 bits per heavy atom. The second kappa shape index (κ2) is 9.09. The first kappa shape index (κ1) is 21.5. The molecule has 1 amide bonds. The molecule has 0 aliphatic rings. The lowest BCUT2D eigenvalue weighted by Crippen LogP contribution is -2.41. The Labute approximate surface area is 175 Å². The zero-order valence-electron chi connectivity index (χ0n) is 17.6. The second-order valence-electron chi connectivity index (χ2n) is 7.46. The maximum Gasteiger partial charge on any atom is 0.238 e. The number of ketones is 1. The largest absolute Gasteiger partial charge is 0.467 e. The molecule has 30 heavy (non-hydrogen) atoms. The van der Waals surface area contributed by atoms with Gasteiger partial charge in [0, 0.05) is 22.6 Å². The number of Topliss-reactive ketones (excluding diaryl/α,β-unsaturated/α-hetero) is 1. The van der Waals surface area contributed by atoms with Crippen LogP contribution in [0.4, 0.5) is 10.1 Å². The minimum absolute atomic E-state index is 0.00849. The van der Waals surface area contributed by atoms with Crippen molar-refractivity contribution in [2.75, 3.05) is 18.9 Å². The average molecular weight is 411 g/mol. The summed E-state index contributed by atoms with van der Waals surface area (Å²) < 4.78 is 20.7. The molecular weight excluding hydrogens is 385 g/mol. The molecule has 0 radical (unpaired) electrons. The number of aromatic nitrogens is 1. The van der Waals surface area contributed by atoms with Crippen LogP contribution in [-0.2, 0) is 11.3 Å². The molecule has 2 heterocycles. The number of amides is 1. The fraction of sp³-hybridized carbons (Fsp3) is 0.304. The molecule has 2 aromatic heterocycles. The average Bonchev–Trinajstić information content (AvgIpc) is 3.30. The van der Waals surface area contributed by atoms with Crippen LogP contribution in [0.3, 0.4) is 0 Å². The van der Waals surface area contributed by atoms with Crippen molar-refractivity contribution in [3.8, 4) is 0 Å². The van der Waals surface area contributed by atoms with E-state index in [-0.39, 0.29) is 18.2 Å². The van der Waals surface area contributed by atoms with Gasteiger partial charge in [0.05, 0.1) is 25.4 Å². The number of hydrogen-bond acceptors (Lipinski definition) is 4. The van der Waals surface area contributed by atoms with Crippen LogP contribution in [0, 0.1) is 19.7 Å². The summed E-state index contributed by atoms with van der Waals surface area (Å²) in [6, 6.07) is 10.8. The first-order valence-electron chi connectivity index (χ1n) is 9.75. The van der Waals surface area contributed by atoms with Crippen LogP contribution >= 0.6 is 0 Å². The molecule has 0 saturated carbocycles. The van der Waals surface area contributed by atoms with E-state index in [0.29, 0.717) is 17.8 Å². The molecule has 0 aliphatic heterocycles. The Balaban J connectivity index is 1.66. The molecule has 0 fully saturated rings. The minimum Gasteiger partial charge on any atom is -0.467 e.